The highest BCUT2D eigenvalue weighted by atomic mass is 19.1. The number of hydrogen-bond donors (Lipinski definition) is 0. The van der Waals surface area contributed by atoms with Crippen molar-refractivity contribution in [3.8, 4) is 5.75 Å². The van der Waals surface area contributed by atoms with Gasteiger partial charge in [0.1, 0.15) is 23.5 Å². The minimum absolute atomic E-state index is 0.0771. The first-order chi connectivity index (χ1) is 13.0. The maximum Gasteiger partial charge on any atom is 0.341 e. The molecule has 0 aliphatic carbocycles. The Bertz CT molecular complexity index is 876. The highest BCUT2D eigenvalue weighted by Gasteiger charge is 2.39. The number of ether oxygens (including phenoxy) is 1. The highest BCUT2D eigenvalue weighted by molar-refractivity contribution is 5.79. The topological polar surface area (TPSA) is 45.1 Å². The van der Waals surface area contributed by atoms with Gasteiger partial charge in [0, 0.05) is 18.7 Å². The van der Waals surface area contributed by atoms with Crippen LogP contribution in [0.3, 0.4) is 0 Å². The van der Waals surface area contributed by atoms with Gasteiger partial charge in [-0.05, 0) is 36.2 Å². The third-order valence-corrected chi connectivity index (χ3v) is 4.80. The van der Waals surface area contributed by atoms with Gasteiger partial charge < -0.3 is 9.64 Å². The molecule has 2 aromatic rings. The maximum absolute atomic E-state index is 13.5. The van der Waals surface area contributed by atoms with Gasteiger partial charge in [-0.15, -0.1) is 0 Å². The summed E-state index contributed by atoms with van der Waals surface area (Å²) in [5.41, 5.74) is 1.44. The van der Waals surface area contributed by atoms with Crippen molar-refractivity contribution in [2.75, 3.05) is 13.1 Å². The number of likely N-dealkylation sites (tertiary alicyclic amines) is 1. The van der Waals surface area contributed by atoms with Crippen molar-refractivity contribution in [3.05, 3.63) is 65.2 Å². The van der Waals surface area contributed by atoms with Gasteiger partial charge in [0.15, 0.2) is 0 Å². The fourth-order valence-corrected chi connectivity index (χ4v) is 3.32. The number of halogens is 2. The normalized spacial score (nSPS) is 19.3. The van der Waals surface area contributed by atoms with Crippen molar-refractivity contribution in [3.63, 3.8) is 0 Å². The molecule has 4 rings (SSSR count). The van der Waals surface area contributed by atoms with Crippen LogP contribution in [-0.4, -0.2) is 41.3 Å². The van der Waals surface area contributed by atoms with E-state index in [1.807, 2.05) is 31.2 Å². The zero-order chi connectivity index (χ0) is 19.0. The molecule has 2 aromatic carbocycles. The molecule has 5 nitrogen and oxygen atoms in total. The number of hydrazone groups is 1. The Balaban J connectivity index is 1.40. The first kappa shape index (κ1) is 17.5. The summed E-state index contributed by atoms with van der Waals surface area (Å²) in [6.07, 6.45) is 1.93. The zero-order valence-electron chi connectivity index (χ0n) is 14.8. The number of hydrogen-bond acceptors (Lipinski definition) is 3. The van der Waals surface area contributed by atoms with Crippen molar-refractivity contribution < 1.29 is 18.3 Å². The quantitative estimate of drug-likeness (QED) is 0.822. The molecule has 2 aliphatic rings. The van der Waals surface area contributed by atoms with E-state index in [-0.39, 0.29) is 12.1 Å². The molecule has 0 bridgehead atoms. The zero-order valence-corrected chi connectivity index (χ0v) is 14.8. The lowest BCUT2D eigenvalue weighted by molar-refractivity contribution is 0.0273. The molecule has 27 heavy (non-hydrogen) atoms. The molecule has 2 heterocycles. The summed E-state index contributed by atoms with van der Waals surface area (Å²) in [7, 11) is 0. The Morgan fingerprint density at radius 1 is 1.15 bits per heavy atom. The molecule has 7 heteroatoms. The summed E-state index contributed by atoms with van der Waals surface area (Å²) in [5, 5.41) is 5.40. The molecule has 2 amide bonds. The average molecular weight is 371 g/mol. The lowest BCUT2D eigenvalue weighted by Gasteiger charge is -2.41. The van der Waals surface area contributed by atoms with Gasteiger partial charge in [-0.25, -0.2) is 18.6 Å². The average Bonchev–Trinajstić information content (AvgIpc) is 3.07. The minimum atomic E-state index is -0.667. The summed E-state index contributed by atoms with van der Waals surface area (Å²) < 4.78 is 33.0. The fraction of sp³-hybridized carbons (Fsp3) is 0.300. The molecule has 0 spiro atoms. The van der Waals surface area contributed by atoms with Gasteiger partial charge in [-0.1, -0.05) is 18.2 Å². The van der Waals surface area contributed by atoms with Gasteiger partial charge in [0.05, 0.1) is 19.1 Å². The van der Waals surface area contributed by atoms with E-state index in [4.69, 9.17) is 4.74 Å². The molecule has 140 valence electrons. The Morgan fingerprint density at radius 2 is 1.85 bits per heavy atom. The molecule has 0 N–H and O–H groups in total. The van der Waals surface area contributed by atoms with E-state index in [1.165, 1.54) is 17.1 Å². The molecular formula is C20H19F2N3O2. The predicted octanol–water partition coefficient (Wildman–Crippen LogP) is 3.89. The van der Waals surface area contributed by atoms with E-state index >= 15 is 0 Å². The van der Waals surface area contributed by atoms with Crippen LogP contribution in [0.1, 0.15) is 23.6 Å². The molecule has 2 aliphatic heterocycles. The standard InChI is InChI=1S/C20H19F2N3O2/c1-13-4-2-3-5-19(13)27-17-11-24(12-17)20(26)25-18(6-7-23-25)14-8-15(21)10-16(22)9-14/h2-5,7-10,17-18H,6,11-12H2,1H3/t18-/m0/s1. The number of nitrogens with zero attached hydrogens (tertiary/aromatic N) is 3. The van der Waals surface area contributed by atoms with Crippen molar-refractivity contribution >= 4 is 12.2 Å². The largest absolute Gasteiger partial charge is 0.486 e. The van der Waals surface area contributed by atoms with Crippen LogP contribution in [0.15, 0.2) is 47.6 Å². The van der Waals surface area contributed by atoms with Crippen molar-refractivity contribution in [2.24, 2.45) is 5.10 Å². The molecule has 0 aromatic heterocycles. The third kappa shape index (κ3) is 3.49. The van der Waals surface area contributed by atoms with E-state index in [9.17, 15) is 13.6 Å². The summed E-state index contributed by atoms with van der Waals surface area (Å²) in [6.45, 7) is 2.87. The molecule has 1 atom stereocenters. The van der Waals surface area contributed by atoms with E-state index in [0.29, 0.717) is 25.1 Å². The Hall–Kier alpha value is -2.96. The van der Waals surface area contributed by atoms with Crippen LogP contribution in [0.5, 0.6) is 5.75 Å². The van der Waals surface area contributed by atoms with Gasteiger partial charge >= 0.3 is 6.03 Å². The number of rotatable bonds is 3. The Kier molecular flexibility index (Phi) is 4.51. The first-order valence-corrected chi connectivity index (χ1v) is 8.80. The number of aryl methyl sites for hydroxylation is 1. The van der Waals surface area contributed by atoms with E-state index in [1.54, 1.807) is 11.1 Å². The van der Waals surface area contributed by atoms with Gasteiger partial charge in [0.2, 0.25) is 0 Å². The fourth-order valence-electron chi connectivity index (χ4n) is 3.32. The van der Waals surface area contributed by atoms with Gasteiger partial charge in [-0.2, -0.15) is 5.10 Å². The summed E-state index contributed by atoms with van der Waals surface area (Å²) in [4.78, 5) is 14.4. The number of carbonyl (C=O) groups is 1. The first-order valence-electron chi connectivity index (χ1n) is 8.80. The van der Waals surface area contributed by atoms with Crippen LogP contribution in [0, 0.1) is 18.6 Å². The van der Waals surface area contributed by atoms with Crippen LogP contribution in [0.25, 0.3) is 0 Å². The van der Waals surface area contributed by atoms with Crippen LogP contribution in [-0.2, 0) is 0 Å². The van der Waals surface area contributed by atoms with E-state index in [2.05, 4.69) is 5.10 Å². The number of amides is 2. The van der Waals surface area contributed by atoms with Crippen molar-refractivity contribution in [2.45, 2.75) is 25.5 Å². The SMILES string of the molecule is Cc1ccccc1OC1CN(C(=O)N2N=CC[C@H]2c2cc(F)cc(F)c2)C1. The van der Waals surface area contributed by atoms with Gasteiger partial charge in [-0.3, -0.25) is 0 Å². The van der Waals surface area contributed by atoms with Crippen LogP contribution >= 0.6 is 0 Å². The van der Waals surface area contributed by atoms with Gasteiger partial charge in [0.25, 0.3) is 0 Å². The van der Waals surface area contributed by atoms with Crippen molar-refractivity contribution in [1.82, 2.24) is 9.91 Å². The highest BCUT2D eigenvalue weighted by Crippen LogP contribution is 2.31. The van der Waals surface area contributed by atoms with Crippen LogP contribution in [0.2, 0.25) is 0 Å². The number of urea groups is 1. The second-order valence-electron chi connectivity index (χ2n) is 6.79. The third-order valence-electron chi connectivity index (χ3n) is 4.80. The van der Waals surface area contributed by atoms with Crippen LogP contribution in [0.4, 0.5) is 13.6 Å². The van der Waals surface area contributed by atoms with Crippen LogP contribution < -0.4 is 4.74 Å². The second-order valence-corrected chi connectivity index (χ2v) is 6.79. The molecular weight excluding hydrogens is 352 g/mol. The smallest absolute Gasteiger partial charge is 0.341 e. The number of para-hydroxylation sites is 1. The minimum Gasteiger partial charge on any atom is -0.486 e. The monoisotopic (exact) mass is 371 g/mol. The predicted molar refractivity (Wildman–Crippen MR) is 96.6 cm³/mol. The van der Waals surface area contributed by atoms with E-state index in [0.717, 1.165) is 17.4 Å². The second kappa shape index (κ2) is 6.98. The lowest BCUT2D eigenvalue weighted by Crippen LogP contribution is -2.58. The summed E-state index contributed by atoms with van der Waals surface area (Å²) in [6, 6.07) is 10.2. The molecule has 0 unspecified atom stereocenters. The maximum atomic E-state index is 13.5. The number of carbonyl (C=O) groups excluding carboxylic acids is 1. The lowest BCUT2D eigenvalue weighted by atomic mass is 10.0. The molecule has 0 saturated carbocycles. The molecule has 1 saturated heterocycles. The van der Waals surface area contributed by atoms with Crippen molar-refractivity contribution in [1.29, 1.82) is 0 Å². The summed E-state index contributed by atoms with van der Waals surface area (Å²) >= 11 is 0. The molecule has 1 fully saturated rings. The summed E-state index contributed by atoms with van der Waals surface area (Å²) in [5.74, 6) is -0.526. The molecule has 0 radical (unpaired) electrons. The number of benzene rings is 2. The van der Waals surface area contributed by atoms with E-state index < -0.39 is 17.7 Å². The Morgan fingerprint density at radius 3 is 2.56 bits per heavy atom. The Labute approximate surface area is 155 Å².